The zero-order chi connectivity index (χ0) is 26.3. The van der Waals surface area contributed by atoms with Gasteiger partial charge in [-0.1, -0.05) is 30.3 Å². The first-order valence-electron chi connectivity index (χ1n) is 12.3. The lowest BCUT2D eigenvalue weighted by Crippen LogP contribution is -2.12. The summed E-state index contributed by atoms with van der Waals surface area (Å²) in [5.74, 6) is -1.01. The fraction of sp³-hybridized carbons (Fsp3) is 0.357. The van der Waals surface area contributed by atoms with Crippen molar-refractivity contribution in [3.8, 4) is 11.1 Å². The maximum atomic E-state index is 13.0. The van der Waals surface area contributed by atoms with Crippen LogP contribution in [0, 0.1) is 6.92 Å². The summed E-state index contributed by atoms with van der Waals surface area (Å²) in [5.41, 5.74) is 5.42. The number of nitrogens with zero attached hydrogens (tertiary/aromatic N) is 3. The summed E-state index contributed by atoms with van der Waals surface area (Å²) in [7, 11) is 1.88. The molecule has 37 heavy (non-hydrogen) atoms. The SMILES string of the molecule is Cc1c2c(nn1C)COCCCCn1c(C(=O)O)c(CCc3ccc(C(F)(F)F)cc3)c3cccc-2c31. The minimum absolute atomic E-state index is 0.234. The summed E-state index contributed by atoms with van der Waals surface area (Å²) >= 11 is 0. The van der Waals surface area contributed by atoms with Gasteiger partial charge in [0.05, 0.1) is 23.4 Å². The predicted octanol–water partition coefficient (Wildman–Crippen LogP) is 6.16. The number of rotatable bonds is 4. The van der Waals surface area contributed by atoms with Gasteiger partial charge in [0.2, 0.25) is 0 Å². The zero-order valence-electron chi connectivity index (χ0n) is 20.7. The summed E-state index contributed by atoms with van der Waals surface area (Å²) in [6.07, 6.45) is -2.05. The maximum absolute atomic E-state index is 13.0. The third-order valence-electron chi connectivity index (χ3n) is 7.17. The number of benzene rings is 2. The summed E-state index contributed by atoms with van der Waals surface area (Å²) < 4.78 is 48.5. The molecule has 6 nitrogen and oxygen atoms in total. The first-order valence-corrected chi connectivity index (χ1v) is 12.3. The molecule has 2 aromatic heterocycles. The normalized spacial score (nSPS) is 14.4. The molecule has 1 aliphatic rings. The number of carbonyl (C=O) groups is 1. The lowest BCUT2D eigenvalue weighted by atomic mass is 9.97. The molecule has 0 saturated heterocycles. The third-order valence-corrected chi connectivity index (χ3v) is 7.17. The van der Waals surface area contributed by atoms with Gasteiger partial charge in [0.15, 0.2) is 0 Å². The van der Waals surface area contributed by atoms with E-state index in [1.54, 1.807) is 0 Å². The van der Waals surface area contributed by atoms with Crippen LogP contribution in [0.2, 0.25) is 0 Å². The number of hydrogen-bond acceptors (Lipinski definition) is 3. The Morgan fingerprint density at radius 1 is 1.11 bits per heavy atom. The largest absolute Gasteiger partial charge is 0.477 e. The predicted molar refractivity (Wildman–Crippen MR) is 134 cm³/mol. The van der Waals surface area contributed by atoms with E-state index in [9.17, 15) is 23.1 Å². The van der Waals surface area contributed by atoms with Crippen LogP contribution < -0.4 is 0 Å². The number of para-hydroxylation sites is 1. The van der Waals surface area contributed by atoms with E-state index in [0.717, 1.165) is 64.0 Å². The first kappa shape index (κ1) is 25.1. The standard InChI is InChI=1S/C28H28F3N3O3/c1-17-24-22-7-5-6-20-21(13-10-18-8-11-19(12-9-18)28(29,30)31)26(27(35)36)34(25(20)22)14-3-4-15-37-16-23(24)32-33(17)2/h5-9,11-12H,3-4,10,13-16H2,1-2H3,(H,35,36). The van der Waals surface area contributed by atoms with Crippen molar-refractivity contribution < 1.29 is 27.8 Å². The van der Waals surface area contributed by atoms with Crippen molar-refractivity contribution in [3.05, 3.63) is 76.2 Å². The van der Waals surface area contributed by atoms with E-state index < -0.39 is 17.7 Å². The molecule has 4 aromatic rings. The molecule has 3 heterocycles. The molecule has 194 valence electrons. The second-order valence-corrected chi connectivity index (χ2v) is 9.47. The van der Waals surface area contributed by atoms with Crippen molar-refractivity contribution in [3.63, 3.8) is 0 Å². The van der Waals surface area contributed by atoms with E-state index in [1.807, 2.05) is 41.4 Å². The van der Waals surface area contributed by atoms with Crippen molar-refractivity contribution in [2.24, 2.45) is 7.05 Å². The molecule has 9 heteroatoms. The molecule has 0 saturated carbocycles. The highest BCUT2D eigenvalue weighted by Crippen LogP contribution is 2.39. The average molecular weight is 512 g/mol. The molecule has 0 atom stereocenters. The summed E-state index contributed by atoms with van der Waals surface area (Å²) in [4.78, 5) is 12.6. The second-order valence-electron chi connectivity index (χ2n) is 9.47. The number of ether oxygens (including phenoxy) is 1. The van der Waals surface area contributed by atoms with Gasteiger partial charge in [-0.3, -0.25) is 4.68 Å². The number of carboxylic acid groups (broad SMARTS) is 1. The van der Waals surface area contributed by atoms with Crippen molar-refractivity contribution in [1.29, 1.82) is 0 Å². The molecule has 0 unspecified atom stereocenters. The molecule has 2 aromatic carbocycles. The van der Waals surface area contributed by atoms with E-state index in [2.05, 4.69) is 5.10 Å². The third kappa shape index (κ3) is 4.64. The van der Waals surface area contributed by atoms with Crippen LogP contribution in [0.5, 0.6) is 0 Å². The van der Waals surface area contributed by atoms with E-state index in [-0.39, 0.29) is 5.69 Å². The van der Waals surface area contributed by atoms with Gasteiger partial charge in [-0.2, -0.15) is 18.3 Å². The average Bonchev–Trinajstić information content (AvgIpc) is 3.31. The Balaban J connectivity index is 1.65. The van der Waals surface area contributed by atoms with E-state index in [4.69, 9.17) is 4.74 Å². The molecule has 5 rings (SSSR count). The molecule has 0 spiro atoms. The number of carboxylic acids is 1. The number of aryl methyl sites for hydroxylation is 4. The zero-order valence-corrected chi connectivity index (χ0v) is 20.7. The van der Waals surface area contributed by atoms with Gasteiger partial charge in [-0.15, -0.1) is 0 Å². The van der Waals surface area contributed by atoms with E-state index >= 15 is 0 Å². The Bertz CT molecular complexity index is 1470. The molecule has 0 fully saturated rings. The van der Waals surface area contributed by atoms with Gasteiger partial charge in [0, 0.05) is 42.4 Å². The highest BCUT2D eigenvalue weighted by Gasteiger charge is 2.30. The fourth-order valence-electron chi connectivity index (χ4n) is 5.30. The summed E-state index contributed by atoms with van der Waals surface area (Å²) in [5, 5.41) is 15.8. The van der Waals surface area contributed by atoms with Gasteiger partial charge in [-0.25, -0.2) is 4.79 Å². The number of fused-ring (bicyclic) bond motifs is 2. The summed E-state index contributed by atoms with van der Waals surface area (Å²) in [6, 6.07) is 10.9. The Kier molecular flexibility index (Phi) is 6.58. The van der Waals surface area contributed by atoms with Gasteiger partial charge in [0.1, 0.15) is 5.69 Å². The lowest BCUT2D eigenvalue weighted by molar-refractivity contribution is -0.137. The van der Waals surface area contributed by atoms with Gasteiger partial charge in [0.25, 0.3) is 0 Å². The number of alkyl halides is 3. The Morgan fingerprint density at radius 3 is 2.57 bits per heavy atom. The molecular formula is C28H28F3N3O3. The highest BCUT2D eigenvalue weighted by atomic mass is 19.4. The van der Waals surface area contributed by atoms with Crippen LogP contribution in [-0.2, 0) is 44.0 Å². The van der Waals surface area contributed by atoms with Crippen molar-refractivity contribution in [2.75, 3.05) is 6.61 Å². The Hall–Kier alpha value is -3.59. The maximum Gasteiger partial charge on any atom is 0.416 e. The fourth-order valence-corrected chi connectivity index (χ4v) is 5.30. The number of halogens is 3. The highest BCUT2D eigenvalue weighted by molar-refractivity contribution is 6.04. The van der Waals surface area contributed by atoms with Crippen LogP contribution in [0.3, 0.4) is 0 Å². The molecular weight excluding hydrogens is 483 g/mol. The van der Waals surface area contributed by atoms with Gasteiger partial charge < -0.3 is 14.4 Å². The van der Waals surface area contributed by atoms with Crippen LogP contribution in [0.1, 0.15) is 51.4 Å². The molecule has 1 N–H and O–H groups in total. The molecule has 0 aliphatic carbocycles. The Morgan fingerprint density at radius 2 is 1.86 bits per heavy atom. The first-order chi connectivity index (χ1) is 17.7. The van der Waals surface area contributed by atoms with E-state index in [0.29, 0.717) is 38.2 Å². The van der Waals surface area contributed by atoms with Crippen LogP contribution in [-0.4, -0.2) is 32.0 Å². The van der Waals surface area contributed by atoms with E-state index in [1.165, 1.54) is 12.1 Å². The topological polar surface area (TPSA) is 69.3 Å². The van der Waals surface area contributed by atoms with Gasteiger partial charge >= 0.3 is 12.1 Å². The Labute approximate surface area is 212 Å². The second kappa shape index (κ2) is 9.70. The summed E-state index contributed by atoms with van der Waals surface area (Å²) in [6.45, 7) is 3.44. The molecule has 1 aliphatic heterocycles. The van der Waals surface area contributed by atoms with Crippen LogP contribution in [0.25, 0.3) is 22.0 Å². The van der Waals surface area contributed by atoms with Crippen LogP contribution in [0.15, 0.2) is 42.5 Å². The van der Waals surface area contributed by atoms with Crippen molar-refractivity contribution in [1.82, 2.24) is 14.3 Å². The number of aromatic carboxylic acids is 1. The number of hydrogen-bond donors (Lipinski definition) is 1. The minimum Gasteiger partial charge on any atom is -0.477 e. The molecule has 0 radical (unpaired) electrons. The van der Waals surface area contributed by atoms with Crippen LogP contribution >= 0.6 is 0 Å². The minimum atomic E-state index is -4.39. The smallest absolute Gasteiger partial charge is 0.416 e. The number of aromatic nitrogens is 3. The van der Waals surface area contributed by atoms with Crippen molar-refractivity contribution in [2.45, 2.75) is 51.9 Å². The van der Waals surface area contributed by atoms with Gasteiger partial charge in [-0.05, 0) is 55.9 Å². The molecule has 0 bridgehead atoms. The molecule has 0 amide bonds. The van der Waals surface area contributed by atoms with Crippen LogP contribution in [0.4, 0.5) is 13.2 Å². The lowest BCUT2D eigenvalue weighted by Gasteiger charge is -2.12. The quantitative estimate of drug-likeness (QED) is 0.356. The monoisotopic (exact) mass is 511 g/mol. The van der Waals surface area contributed by atoms with Crippen molar-refractivity contribution >= 4 is 16.9 Å².